The summed E-state index contributed by atoms with van der Waals surface area (Å²) >= 11 is 0. The van der Waals surface area contributed by atoms with Gasteiger partial charge in [-0.2, -0.15) is 0 Å². The van der Waals surface area contributed by atoms with E-state index in [2.05, 4.69) is 10.6 Å². The Morgan fingerprint density at radius 1 is 1.10 bits per heavy atom. The third kappa shape index (κ3) is 3.44. The van der Waals surface area contributed by atoms with Gasteiger partial charge in [0.25, 0.3) is 0 Å². The number of carboxylic acid groups (broad SMARTS) is 1. The van der Waals surface area contributed by atoms with Gasteiger partial charge in [0.15, 0.2) is 0 Å². The Bertz CT molecular complexity index is 358. The van der Waals surface area contributed by atoms with Crippen LogP contribution in [0.2, 0.25) is 0 Å². The summed E-state index contributed by atoms with van der Waals surface area (Å²) in [6, 6.07) is -0.213. The van der Waals surface area contributed by atoms with E-state index in [0.717, 1.165) is 25.7 Å². The summed E-state index contributed by atoms with van der Waals surface area (Å²) in [5.74, 6) is -0.380. The van der Waals surface area contributed by atoms with Crippen molar-refractivity contribution < 1.29 is 14.7 Å². The molecule has 0 bridgehead atoms. The van der Waals surface area contributed by atoms with Crippen LogP contribution in [-0.4, -0.2) is 28.7 Å². The zero-order valence-electron chi connectivity index (χ0n) is 12.3. The van der Waals surface area contributed by atoms with Gasteiger partial charge in [-0.3, -0.25) is 0 Å². The highest BCUT2D eigenvalue weighted by atomic mass is 16.4. The highest BCUT2D eigenvalue weighted by Gasteiger charge is 2.42. The molecule has 2 rings (SSSR count). The number of aliphatic carboxylic acids is 1. The van der Waals surface area contributed by atoms with Crippen LogP contribution in [-0.2, 0) is 4.79 Å². The molecule has 0 aromatic rings. The molecule has 114 valence electrons. The van der Waals surface area contributed by atoms with Crippen LogP contribution in [0, 0.1) is 5.92 Å². The van der Waals surface area contributed by atoms with Crippen LogP contribution >= 0.6 is 0 Å². The maximum absolute atomic E-state index is 12.1. The lowest BCUT2D eigenvalue weighted by Gasteiger charge is -2.30. The first-order valence-electron chi connectivity index (χ1n) is 7.85. The van der Waals surface area contributed by atoms with Gasteiger partial charge in [0.1, 0.15) is 5.54 Å². The summed E-state index contributed by atoms with van der Waals surface area (Å²) in [5.41, 5.74) is -1.05. The molecular formula is C15H26N2O3. The molecule has 5 nitrogen and oxygen atoms in total. The summed E-state index contributed by atoms with van der Waals surface area (Å²) in [7, 11) is 0. The minimum atomic E-state index is -1.05. The molecule has 2 amide bonds. The lowest BCUT2D eigenvalue weighted by atomic mass is 9.84. The number of amides is 2. The quantitative estimate of drug-likeness (QED) is 0.741. The molecule has 0 radical (unpaired) electrons. The van der Waals surface area contributed by atoms with Gasteiger partial charge in [-0.1, -0.05) is 32.1 Å². The Hall–Kier alpha value is -1.26. The van der Waals surface area contributed by atoms with E-state index in [1.54, 1.807) is 0 Å². The van der Waals surface area contributed by atoms with Crippen molar-refractivity contribution in [1.29, 1.82) is 0 Å². The van der Waals surface area contributed by atoms with E-state index in [4.69, 9.17) is 0 Å². The largest absolute Gasteiger partial charge is 0.480 e. The average molecular weight is 282 g/mol. The van der Waals surface area contributed by atoms with Crippen molar-refractivity contribution in [1.82, 2.24) is 10.6 Å². The molecule has 0 heterocycles. The topological polar surface area (TPSA) is 78.4 Å². The number of carboxylic acids is 1. The molecule has 20 heavy (non-hydrogen) atoms. The first-order valence-corrected chi connectivity index (χ1v) is 7.85. The minimum absolute atomic E-state index is 0.113. The first-order chi connectivity index (χ1) is 9.53. The van der Waals surface area contributed by atoms with Crippen LogP contribution < -0.4 is 10.6 Å². The molecule has 2 aliphatic carbocycles. The number of nitrogens with one attached hydrogen (secondary N) is 2. The monoisotopic (exact) mass is 282 g/mol. The highest BCUT2D eigenvalue weighted by molar-refractivity contribution is 5.86. The van der Waals surface area contributed by atoms with Crippen molar-refractivity contribution >= 4 is 12.0 Å². The number of rotatable bonds is 4. The van der Waals surface area contributed by atoms with Gasteiger partial charge in [-0.25, -0.2) is 9.59 Å². The predicted octanol–water partition coefficient (Wildman–Crippen LogP) is 2.65. The van der Waals surface area contributed by atoms with Crippen molar-refractivity contribution in [2.45, 2.75) is 76.3 Å². The number of carbonyl (C=O) groups is 2. The van der Waals surface area contributed by atoms with Crippen LogP contribution in [0.1, 0.15) is 64.7 Å². The summed E-state index contributed by atoms with van der Waals surface area (Å²) in [4.78, 5) is 23.5. The van der Waals surface area contributed by atoms with Crippen LogP contribution in [0.25, 0.3) is 0 Å². The third-order valence-corrected chi connectivity index (χ3v) is 4.94. The Morgan fingerprint density at radius 2 is 1.70 bits per heavy atom. The lowest BCUT2D eigenvalue weighted by molar-refractivity contribution is -0.144. The second kappa shape index (κ2) is 6.46. The van der Waals surface area contributed by atoms with Crippen LogP contribution in [0.3, 0.4) is 0 Å². The molecule has 0 aliphatic heterocycles. The van der Waals surface area contributed by atoms with Crippen LogP contribution in [0.4, 0.5) is 4.79 Å². The number of hydrogen-bond donors (Lipinski definition) is 3. The maximum atomic E-state index is 12.1. The second-order valence-electron chi connectivity index (χ2n) is 6.38. The minimum Gasteiger partial charge on any atom is -0.480 e. The second-order valence-corrected chi connectivity index (χ2v) is 6.38. The van der Waals surface area contributed by atoms with E-state index in [-0.39, 0.29) is 12.1 Å². The fourth-order valence-electron chi connectivity index (χ4n) is 3.58. The molecule has 0 saturated heterocycles. The molecule has 2 saturated carbocycles. The van der Waals surface area contributed by atoms with Gasteiger partial charge in [0.05, 0.1) is 0 Å². The maximum Gasteiger partial charge on any atom is 0.329 e. The molecule has 2 aliphatic rings. The fourth-order valence-corrected chi connectivity index (χ4v) is 3.58. The van der Waals surface area contributed by atoms with Crippen molar-refractivity contribution in [2.75, 3.05) is 0 Å². The molecule has 1 atom stereocenters. The summed E-state index contributed by atoms with van der Waals surface area (Å²) in [6.45, 7) is 2.03. The smallest absolute Gasteiger partial charge is 0.329 e. The van der Waals surface area contributed by atoms with Crippen molar-refractivity contribution in [3.8, 4) is 0 Å². The van der Waals surface area contributed by atoms with E-state index in [0.29, 0.717) is 18.8 Å². The Balaban J connectivity index is 1.86. The summed E-state index contributed by atoms with van der Waals surface area (Å²) < 4.78 is 0. The van der Waals surface area contributed by atoms with Gasteiger partial charge in [0, 0.05) is 6.04 Å². The van der Waals surface area contributed by atoms with E-state index >= 15 is 0 Å². The van der Waals surface area contributed by atoms with Gasteiger partial charge in [-0.15, -0.1) is 0 Å². The van der Waals surface area contributed by atoms with E-state index in [9.17, 15) is 14.7 Å². The highest BCUT2D eigenvalue weighted by Crippen LogP contribution is 2.30. The zero-order valence-corrected chi connectivity index (χ0v) is 12.3. The van der Waals surface area contributed by atoms with E-state index in [1.807, 2.05) is 6.92 Å². The van der Waals surface area contributed by atoms with Crippen molar-refractivity contribution in [2.24, 2.45) is 5.92 Å². The van der Waals surface area contributed by atoms with Crippen LogP contribution in [0.15, 0.2) is 0 Å². The average Bonchev–Trinajstić information content (AvgIpc) is 2.89. The lowest BCUT2D eigenvalue weighted by Crippen LogP contribution is -2.57. The Labute approximate surface area is 120 Å². The molecule has 0 spiro atoms. The number of urea groups is 1. The molecule has 2 fully saturated rings. The number of hydrogen-bond acceptors (Lipinski definition) is 2. The fraction of sp³-hybridized carbons (Fsp3) is 0.867. The van der Waals surface area contributed by atoms with Crippen LogP contribution in [0.5, 0.6) is 0 Å². The van der Waals surface area contributed by atoms with E-state index in [1.165, 1.54) is 19.3 Å². The van der Waals surface area contributed by atoms with Crippen molar-refractivity contribution in [3.05, 3.63) is 0 Å². The van der Waals surface area contributed by atoms with Gasteiger partial charge in [-0.05, 0) is 38.5 Å². The molecule has 0 aromatic heterocycles. The Kier molecular flexibility index (Phi) is 4.89. The Morgan fingerprint density at radius 3 is 2.25 bits per heavy atom. The SMILES string of the molecule is CC(NC(=O)NC1(C(=O)O)CCCC1)C1CCCCC1. The standard InChI is InChI=1S/C15H26N2O3/c1-11(12-7-3-2-4-8-12)16-14(20)17-15(13(18)19)9-5-6-10-15/h11-12H,2-10H2,1H3,(H,18,19)(H2,16,17,20). The molecule has 1 unspecified atom stereocenters. The summed E-state index contributed by atoms with van der Waals surface area (Å²) in [5, 5.41) is 15.0. The molecule has 0 aromatic carbocycles. The van der Waals surface area contributed by atoms with Gasteiger partial charge >= 0.3 is 12.0 Å². The predicted molar refractivity (Wildman–Crippen MR) is 76.5 cm³/mol. The normalized spacial score (nSPS) is 24.1. The molecule has 3 N–H and O–H groups in total. The molecule has 5 heteroatoms. The number of carbonyl (C=O) groups excluding carboxylic acids is 1. The van der Waals surface area contributed by atoms with Gasteiger partial charge < -0.3 is 15.7 Å². The third-order valence-electron chi connectivity index (χ3n) is 4.94. The first kappa shape index (κ1) is 15.1. The van der Waals surface area contributed by atoms with Crippen molar-refractivity contribution in [3.63, 3.8) is 0 Å². The summed E-state index contributed by atoms with van der Waals surface area (Å²) in [6.07, 6.45) is 8.87. The van der Waals surface area contributed by atoms with Gasteiger partial charge in [0.2, 0.25) is 0 Å². The van der Waals surface area contributed by atoms with E-state index < -0.39 is 11.5 Å². The zero-order chi connectivity index (χ0) is 14.6. The molecular weight excluding hydrogens is 256 g/mol.